The lowest BCUT2D eigenvalue weighted by atomic mass is 10.1. The number of furan rings is 1. The van der Waals surface area contributed by atoms with Gasteiger partial charge in [-0.05, 0) is 31.4 Å². The summed E-state index contributed by atoms with van der Waals surface area (Å²) in [7, 11) is 4.04. The molecule has 0 saturated carbocycles. The van der Waals surface area contributed by atoms with Gasteiger partial charge in [0.25, 0.3) is 5.91 Å². The number of carboxylic acid groups (broad SMARTS) is 2. The molecule has 1 fully saturated rings. The number of halogens is 6. The summed E-state index contributed by atoms with van der Waals surface area (Å²) in [5, 5.41) is 14.2. The van der Waals surface area contributed by atoms with E-state index < -0.39 is 24.3 Å². The number of alkyl halides is 6. The Morgan fingerprint density at radius 2 is 1.43 bits per heavy atom. The summed E-state index contributed by atoms with van der Waals surface area (Å²) in [6.45, 7) is 3.35. The van der Waals surface area contributed by atoms with Gasteiger partial charge in [0.15, 0.2) is 5.76 Å². The number of carbonyl (C=O) groups is 3. The van der Waals surface area contributed by atoms with E-state index in [1.807, 2.05) is 19.0 Å². The molecule has 4 heterocycles. The first-order valence-electron chi connectivity index (χ1n) is 11.8. The first-order valence-corrected chi connectivity index (χ1v) is 11.8. The molecule has 222 valence electrons. The van der Waals surface area contributed by atoms with Crippen molar-refractivity contribution >= 4 is 29.6 Å². The molecule has 2 aromatic heterocycles. The van der Waals surface area contributed by atoms with Crippen LogP contribution in [-0.2, 0) is 22.4 Å². The van der Waals surface area contributed by atoms with Crippen LogP contribution in [-0.4, -0.2) is 95.6 Å². The number of aromatic nitrogens is 2. The number of hydrogen-bond acceptors (Lipinski definition) is 8. The van der Waals surface area contributed by atoms with Crippen LogP contribution in [0.5, 0.6) is 0 Å². The fourth-order valence-corrected chi connectivity index (χ4v) is 3.75. The van der Waals surface area contributed by atoms with E-state index in [-0.39, 0.29) is 5.91 Å². The Labute approximate surface area is 224 Å². The quantitative estimate of drug-likeness (QED) is 0.518. The molecule has 0 unspecified atom stereocenters. The van der Waals surface area contributed by atoms with Crippen LogP contribution in [0.2, 0.25) is 0 Å². The van der Waals surface area contributed by atoms with Crippen LogP contribution >= 0.6 is 0 Å². The summed E-state index contributed by atoms with van der Waals surface area (Å²) in [4.78, 5) is 46.3. The molecular formula is C23H27F6N5O6. The third-order valence-corrected chi connectivity index (χ3v) is 5.63. The van der Waals surface area contributed by atoms with Crippen molar-refractivity contribution in [3.8, 4) is 0 Å². The van der Waals surface area contributed by atoms with Crippen molar-refractivity contribution < 1.29 is 55.4 Å². The lowest BCUT2D eigenvalue weighted by Crippen LogP contribution is -2.33. The molecule has 40 heavy (non-hydrogen) atoms. The minimum Gasteiger partial charge on any atom is -0.475 e. The van der Waals surface area contributed by atoms with Crippen LogP contribution in [0.1, 0.15) is 34.7 Å². The Morgan fingerprint density at radius 1 is 0.900 bits per heavy atom. The third-order valence-electron chi connectivity index (χ3n) is 5.63. The zero-order chi connectivity index (χ0) is 30.3. The largest absolute Gasteiger partial charge is 0.490 e. The summed E-state index contributed by atoms with van der Waals surface area (Å²) in [6, 6.07) is 3.47. The van der Waals surface area contributed by atoms with E-state index in [2.05, 4.69) is 9.80 Å². The molecule has 4 rings (SSSR count). The number of carbonyl (C=O) groups excluding carboxylic acids is 1. The highest BCUT2D eigenvalue weighted by Gasteiger charge is 2.39. The van der Waals surface area contributed by atoms with Crippen LogP contribution in [0, 0.1) is 0 Å². The van der Waals surface area contributed by atoms with Gasteiger partial charge in [0.1, 0.15) is 5.82 Å². The second kappa shape index (κ2) is 13.3. The van der Waals surface area contributed by atoms with E-state index in [0.29, 0.717) is 18.8 Å². The maximum atomic E-state index is 12.6. The standard InChI is InChI=1S/C19H25N5O2.2C2HF3O2/c1-22(2)17-14-7-11-23(18(25)16-6-5-13-26-16)12-8-15(14)20-19(21-17)24-9-3-4-10-24;2*3-2(4,5)1(6)7/h5-6,13H,3-4,7-12H2,1-2H3;2*(H,6,7). The number of amides is 1. The molecule has 17 heteroatoms. The fraction of sp³-hybridized carbons (Fsp3) is 0.522. The SMILES string of the molecule is CN(C)c1nc(N2CCCC2)nc2c1CCN(C(=O)c1ccco1)CC2.O=C(O)C(F)(F)F.O=C(O)C(F)(F)F. The lowest BCUT2D eigenvalue weighted by Gasteiger charge is -2.22. The fourth-order valence-electron chi connectivity index (χ4n) is 3.75. The van der Waals surface area contributed by atoms with Crippen LogP contribution in [0.15, 0.2) is 22.8 Å². The van der Waals surface area contributed by atoms with Gasteiger partial charge in [0.2, 0.25) is 5.95 Å². The Bertz CT molecular complexity index is 1140. The molecule has 1 amide bonds. The second-order valence-electron chi connectivity index (χ2n) is 8.74. The van der Waals surface area contributed by atoms with Crippen LogP contribution in [0.4, 0.5) is 38.1 Å². The molecule has 0 atom stereocenters. The van der Waals surface area contributed by atoms with E-state index in [1.165, 1.54) is 19.1 Å². The number of nitrogens with zero attached hydrogens (tertiary/aromatic N) is 5. The van der Waals surface area contributed by atoms with Crippen molar-refractivity contribution in [3.05, 3.63) is 35.4 Å². The van der Waals surface area contributed by atoms with Gasteiger partial charge in [-0.2, -0.15) is 31.3 Å². The normalized spacial score (nSPS) is 15.1. The topological polar surface area (TPSA) is 140 Å². The smallest absolute Gasteiger partial charge is 0.475 e. The van der Waals surface area contributed by atoms with Crippen molar-refractivity contribution in [1.29, 1.82) is 0 Å². The van der Waals surface area contributed by atoms with Crippen molar-refractivity contribution in [2.24, 2.45) is 0 Å². The van der Waals surface area contributed by atoms with Gasteiger partial charge < -0.3 is 29.3 Å². The number of anilines is 2. The first kappa shape index (κ1) is 32.2. The van der Waals surface area contributed by atoms with Crippen molar-refractivity contribution in [3.63, 3.8) is 0 Å². The predicted molar refractivity (Wildman–Crippen MR) is 127 cm³/mol. The predicted octanol–water partition coefficient (Wildman–Crippen LogP) is 3.24. The molecule has 2 aromatic rings. The van der Waals surface area contributed by atoms with E-state index in [0.717, 1.165) is 49.0 Å². The zero-order valence-corrected chi connectivity index (χ0v) is 21.4. The average molecular weight is 583 g/mol. The Hall–Kier alpha value is -4.05. The summed E-state index contributed by atoms with van der Waals surface area (Å²) >= 11 is 0. The average Bonchev–Trinajstić information content (AvgIpc) is 3.55. The van der Waals surface area contributed by atoms with Crippen LogP contribution in [0.25, 0.3) is 0 Å². The Morgan fingerprint density at radius 3 is 1.88 bits per heavy atom. The highest BCUT2D eigenvalue weighted by Crippen LogP contribution is 2.28. The van der Waals surface area contributed by atoms with Gasteiger partial charge in [-0.3, -0.25) is 4.79 Å². The minimum atomic E-state index is -5.08. The molecule has 2 N–H and O–H groups in total. The molecule has 2 aliphatic rings. The van der Waals surface area contributed by atoms with Gasteiger partial charge in [0.05, 0.1) is 12.0 Å². The number of fused-ring (bicyclic) bond motifs is 1. The minimum absolute atomic E-state index is 0.0538. The maximum absolute atomic E-state index is 12.6. The highest BCUT2D eigenvalue weighted by atomic mass is 19.4. The summed E-state index contributed by atoms with van der Waals surface area (Å²) in [6.07, 6.45) is -4.73. The van der Waals surface area contributed by atoms with E-state index in [9.17, 15) is 31.1 Å². The van der Waals surface area contributed by atoms with Crippen molar-refractivity contribution in [2.45, 2.75) is 38.0 Å². The van der Waals surface area contributed by atoms with E-state index in [1.54, 1.807) is 12.1 Å². The van der Waals surface area contributed by atoms with Crippen LogP contribution in [0.3, 0.4) is 0 Å². The van der Waals surface area contributed by atoms with Gasteiger partial charge in [-0.15, -0.1) is 0 Å². The monoisotopic (exact) mass is 583 g/mol. The van der Waals surface area contributed by atoms with Crippen molar-refractivity contribution in [1.82, 2.24) is 14.9 Å². The third kappa shape index (κ3) is 9.01. The summed E-state index contributed by atoms with van der Waals surface area (Å²) in [5.74, 6) is -3.37. The Kier molecular flexibility index (Phi) is 10.7. The van der Waals surface area contributed by atoms with Crippen LogP contribution < -0.4 is 9.80 Å². The number of carboxylic acids is 2. The molecule has 0 bridgehead atoms. The number of aliphatic carboxylic acids is 2. The summed E-state index contributed by atoms with van der Waals surface area (Å²) < 4.78 is 68.8. The molecule has 2 aliphatic heterocycles. The highest BCUT2D eigenvalue weighted by molar-refractivity contribution is 5.91. The Balaban J connectivity index is 0.000000333. The molecule has 0 spiro atoms. The molecule has 0 aromatic carbocycles. The molecule has 1 saturated heterocycles. The zero-order valence-electron chi connectivity index (χ0n) is 21.4. The number of hydrogen-bond donors (Lipinski definition) is 2. The molecule has 0 radical (unpaired) electrons. The lowest BCUT2D eigenvalue weighted by molar-refractivity contribution is -0.193. The van der Waals surface area contributed by atoms with Gasteiger partial charge in [0, 0.05) is 52.3 Å². The van der Waals surface area contributed by atoms with Crippen molar-refractivity contribution in [2.75, 3.05) is 50.1 Å². The molecule has 11 nitrogen and oxygen atoms in total. The van der Waals surface area contributed by atoms with Gasteiger partial charge in [-0.1, -0.05) is 0 Å². The van der Waals surface area contributed by atoms with E-state index in [4.69, 9.17) is 34.2 Å². The van der Waals surface area contributed by atoms with Gasteiger partial charge >= 0.3 is 24.3 Å². The van der Waals surface area contributed by atoms with E-state index >= 15 is 0 Å². The molecule has 0 aliphatic carbocycles. The maximum Gasteiger partial charge on any atom is 0.490 e. The van der Waals surface area contributed by atoms with Gasteiger partial charge in [-0.25, -0.2) is 14.6 Å². The molecular weight excluding hydrogens is 556 g/mol. The number of rotatable bonds is 3. The first-order chi connectivity index (χ1) is 18.5. The summed E-state index contributed by atoms with van der Waals surface area (Å²) in [5.41, 5.74) is 2.23. The second-order valence-corrected chi connectivity index (χ2v) is 8.74.